The molecule has 0 saturated carbocycles. The lowest BCUT2D eigenvalue weighted by molar-refractivity contribution is 0.103. The summed E-state index contributed by atoms with van der Waals surface area (Å²) >= 11 is 12.2. The van der Waals surface area contributed by atoms with Crippen molar-refractivity contribution in [2.75, 3.05) is 6.61 Å². The maximum Gasteiger partial charge on any atom is 0.198 e. The van der Waals surface area contributed by atoms with Gasteiger partial charge in [0.15, 0.2) is 5.78 Å². The minimum atomic E-state index is -0.391. The van der Waals surface area contributed by atoms with Crippen molar-refractivity contribution in [1.29, 1.82) is 0 Å². The van der Waals surface area contributed by atoms with Crippen LogP contribution in [0.1, 0.15) is 22.8 Å². The molecule has 2 aromatic rings. The van der Waals surface area contributed by atoms with E-state index in [9.17, 15) is 9.90 Å². The first kappa shape index (κ1) is 14.7. The van der Waals surface area contributed by atoms with E-state index in [0.717, 1.165) is 0 Å². The number of phenolic OH excluding ortho intramolecular Hbond substituents is 1. The fraction of sp³-hybridized carbons (Fsp3) is 0.133. The van der Waals surface area contributed by atoms with Crippen molar-refractivity contribution >= 4 is 29.0 Å². The molecule has 0 bridgehead atoms. The Morgan fingerprint density at radius 2 is 1.80 bits per heavy atom. The molecule has 104 valence electrons. The highest BCUT2D eigenvalue weighted by Gasteiger charge is 2.19. The Kier molecular flexibility index (Phi) is 4.53. The number of carbonyl (C=O) groups is 1. The molecule has 0 aliphatic heterocycles. The Labute approximate surface area is 126 Å². The third kappa shape index (κ3) is 2.74. The Morgan fingerprint density at radius 1 is 1.10 bits per heavy atom. The molecule has 0 radical (unpaired) electrons. The van der Waals surface area contributed by atoms with Gasteiger partial charge in [0.05, 0.1) is 17.2 Å². The van der Waals surface area contributed by atoms with Crippen LogP contribution in [0.2, 0.25) is 10.0 Å². The highest BCUT2D eigenvalue weighted by molar-refractivity contribution is 6.45. The highest BCUT2D eigenvalue weighted by Crippen LogP contribution is 2.36. The van der Waals surface area contributed by atoms with E-state index in [1.54, 1.807) is 18.2 Å². The summed E-state index contributed by atoms with van der Waals surface area (Å²) in [6.07, 6.45) is 0. The summed E-state index contributed by atoms with van der Waals surface area (Å²) in [4.78, 5) is 12.4. The summed E-state index contributed by atoms with van der Waals surface area (Å²) in [6.45, 7) is 2.27. The third-order valence-corrected chi connectivity index (χ3v) is 3.60. The van der Waals surface area contributed by atoms with Gasteiger partial charge in [-0.2, -0.15) is 0 Å². The van der Waals surface area contributed by atoms with Gasteiger partial charge in [0.25, 0.3) is 0 Å². The van der Waals surface area contributed by atoms with Gasteiger partial charge in [-0.25, -0.2) is 0 Å². The number of benzene rings is 2. The molecule has 1 N–H and O–H groups in total. The molecule has 2 aromatic carbocycles. The van der Waals surface area contributed by atoms with Gasteiger partial charge in [0, 0.05) is 5.56 Å². The summed E-state index contributed by atoms with van der Waals surface area (Å²) in [7, 11) is 0. The van der Waals surface area contributed by atoms with Crippen molar-refractivity contribution in [3.05, 3.63) is 57.6 Å². The Bertz CT molecular complexity index is 654. The van der Waals surface area contributed by atoms with E-state index in [4.69, 9.17) is 27.9 Å². The minimum absolute atomic E-state index is 0.0985. The molecule has 5 heteroatoms. The summed E-state index contributed by atoms with van der Waals surface area (Å²) < 4.78 is 5.30. The Hall–Kier alpha value is -1.71. The number of ether oxygens (including phenoxy) is 1. The van der Waals surface area contributed by atoms with Crippen molar-refractivity contribution in [2.24, 2.45) is 0 Å². The molecule has 0 unspecified atom stereocenters. The number of aromatic hydroxyl groups is 1. The predicted molar refractivity (Wildman–Crippen MR) is 79.2 cm³/mol. The largest absolute Gasteiger partial charge is 0.507 e. The number of carbonyl (C=O) groups excluding carboxylic acids is 1. The molecule has 0 saturated heterocycles. The van der Waals surface area contributed by atoms with Gasteiger partial charge < -0.3 is 9.84 Å². The van der Waals surface area contributed by atoms with E-state index >= 15 is 0 Å². The topological polar surface area (TPSA) is 46.5 Å². The van der Waals surface area contributed by atoms with Crippen LogP contribution >= 0.6 is 23.2 Å². The number of ketones is 1. The van der Waals surface area contributed by atoms with E-state index in [-0.39, 0.29) is 26.9 Å². The van der Waals surface area contributed by atoms with E-state index in [1.165, 1.54) is 18.2 Å². The van der Waals surface area contributed by atoms with Crippen LogP contribution < -0.4 is 4.74 Å². The molecule has 0 amide bonds. The number of rotatable bonds is 4. The van der Waals surface area contributed by atoms with E-state index < -0.39 is 5.78 Å². The van der Waals surface area contributed by atoms with Crippen LogP contribution in [-0.4, -0.2) is 17.5 Å². The molecule has 20 heavy (non-hydrogen) atoms. The second-order valence-electron chi connectivity index (χ2n) is 4.02. The van der Waals surface area contributed by atoms with Crippen LogP contribution in [-0.2, 0) is 0 Å². The van der Waals surface area contributed by atoms with Crippen molar-refractivity contribution in [1.82, 2.24) is 0 Å². The van der Waals surface area contributed by atoms with E-state index in [0.29, 0.717) is 12.4 Å². The second kappa shape index (κ2) is 6.16. The average Bonchev–Trinajstić information content (AvgIpc) is 2.44. The monoisotopic (exact) mass is 310 g/mol. The lowest BCUT2D eigenvalue weighted by Crippen LogP contribution is -2.04. The van der Waals surface area contributed by atoms with Gasteiger partial charge >= 0.3 is 0 Å². The second-order valence-corrected chi connectivity index (χ2v) is 4.77. The zero-order chi connectivity index (χ0) is 14.7. The van der Waals surface area contributed by atoms with Crippen LogP contribution in [0.15, 0.2) is 36.4 Å². The van der Waals surface area contributed by atoms with Crippen molar-refractivity contribution < 1.29 is 14.6 Å². The predicted octanol–water partition coefficient (Wildman–Crippen LogP) is 4.33. The maximum absolute atomic E-state index is 12.4. The molecule has 0 fully saturated rings. The molecule has 0 aliphatic carbocycles. The van der Waals surface area contributed by atoms with E-state index in [1.807, 2.05) is 6.92 Å². The first-order chi connectivity index (χ1) is 9.56. The maximum atomic E-state index is 12.4. The number of phenols is 1. The molecule has 3 nitrogen and oxygen atoms in total. The summed E-state index contributed by atoms with van der Waals surface area (Å²) in [5.74, 6) is -0.0652. The fourth-order valence-electron chi connectivity index (χ4n) is 1.78. The van der Waals surface area contributed by atoms with Gasteiger partial charge in [0.1, 0.15) is 16.5 Å². The summed E-state index contributed by atoms with van der Waals surface area (Å²) in [5, 5.41) is 10.0. The SMILES string of the molecule is CCOc1ccc(C(=O)c2ccccc2O)c(Cl)c1Cl. The van der Waals surface area contributed by atoms with Crippen LogP contribution in [0.25, 0.3) is 0 Å². The number of hydrogen-bond acceptors (Lipinski definition) is 3. The van der Waals surface area contributed by atoms with Crippen LogP contribution in [0.5, 0.6) is 11.5 Å². The Morgan fingerprint density at radius 3 is 2.45 bits per heavy atom. The van der Waals surface area contributed by atoms with Crippen molar-refractivity contribution in [3.8, 4) is 11.5 Å². The van der Waals surface area contributed by atoms with E-state index in [2.05, 4.69) is 0 Å². The molecule has 0 aliphatic rings. The first-order valence-corrected chi connectivity index (χ1v) is 6.75. The highest BCUT2D eigenvalue weighted by atomic mass is 35.5. The lowest BCUT2D eigenvalue weighted by Gasteiger charge is -2.10. The van der Waals surface area contributed by atoms with Crippen LogP contribution in [0.3, 0.4) is 0 Å². The van der Waals surface area contributed by atoms with Gasteiger partial charge in [-0.05, 0) is 31.2 Å². The molecular weight excluding hydrogens is 299 g/mol. The quantitative estimate of drug-likeness (QED) is 0.855. The van der Waals surface area contributed by atoms with Gasteiger partial charge in [-0.3, -0.25) is 4.79 Å². The molecule has 0 heterocycles. The van der Waals surface area contributed by atoms with Crippen LogP contribution in [0, 0.1) is 0 Å². The standard InChI is InChI=1S/C15H12Cl2O3/c1-2-20-12-8-7-10(13(16)14(12)17)15(19)9-5-3-4-6-11(9)18/h3-8,18H,2H2,1H3. The molecule has 0 aromatic heterocycles. The zero-order valence-electron chi connectivity index (χ0n) is 10.7. The van der Waals surface area contributed by atoms with Gasteiger partial charge in [-0.15, -0.1) is 0 Å². The molecule has 0 atom stereocenters. The van der Waals surface area contributed by atoms with Crippen molar-refractivity contribution in [2.45, 2.75) is 6.92 Å². The normalized spacial score (nSPS) is 10.3. The summed E-state index contributed by atoms with van der Waals surface area (Å²) in [6, 6.07) is 9.39. The Balaban J connectivity index is 2.46. The fourth-order valence-corrected chi connectivity index (χ4v) is 2.25. The first-order valence-electron chi connectivity index (χ1n) is 5.99. The van der Waals surface area contributed by atoms with Gasteiger partial charge in [-0.1, -0.05) is 35.3 Å². The average molecular weight is 311 g/mol. The van der Waals surface area contributed by atoms with Crippen LogP contribution in [0.4, 0.5) is 0 Å². The minimum Gasteiger partial charge on any atom is -0.507 e. The number of halogens is 2. The number of hydrogen-bond donors (Lipinski definition) is 1. The number of para-hydroxylation sites is 1. The smallest absolute Gasteiger partial charge is 0.198 e. The van der Waals surface area contributed by atoms with Crippen molar-refractivity contribution in [3.63, 3.8) is 0 Å². The molecule has 0 spiro atoms. The molecule has 2 rings (SSSR count). The third-order valence-electron chi connectivity index (χ3n) is 2.74. The molecular formula is C15H12Cl2O3. The van der Waals surface area contributed by atoms with Gasteiger partial charge in [0.2, 0.25) is 0 Å². The summed E-state index contributed by atoms with van der Waals surface area (Å²) in [5.41, 5.74) is 0.399. The zero-order valence-corrected chi connectivity index (χ0v) is 12.2. The lowest BCUT2D eigenvalue weighted by atomic mass is 10.0.